The van der Waals surface area contributed by atoms with Crippen LogP contribution in [0, 0.1) is 6.92 Å². The van der Waals surface area contributed by atoms with Crippen LogP contribution in [0.5, 0.6) is 0 Å². The molecule has 2 aromatic rings. The van der Waals surface area contributed by atoms with E-state index in [0.29, 0.717) is 13.2 Å². The van der Waals surface area contributed by atoms with E-state index in [9.17, 15) is 0 Å². The Morgan fingerprint density at radius 3 is 3.00 bits per heavy atom. The van der Waals surface area contributed by atoms with Crippen LogP contribution in [-0.4, -0.2) is 28.5 Å². The number of halogens is 1. The maximum absolute atomic E-state index is 6.28. The summed E-state index contributed by atoms with van der Waals surface area (Å²) in [7, 11) is 1.67. The van der Waals surface area contributed by atoms with E-state index in [1.807, 2.05) is 29.7 Å². The summed E-state index contributed by atoms with van der Waals surface area (Å²) in [6.45, 7) is 3.30. The summed E-state index contributed by atoms with van der Waals surface area (Å²) < 4.78 is 6.99. The molecule has 0 aliphatic rings. The predicted octanol–water partition coefficient (Wildman–Crippen LogP) is 2.55. The minimum atomic E-state index is 0.620. The first-order chi connectivity index (χ1) is 8.24. The molecule has 0 radical (unpaired) electrons. The highest BCUT2D eigenvalue weighted by Gasteiger charge is 2.11. The van der Waals surface area contributed by atoms with Gasteiger partial charge in [0.2, 0.25) is 0 Å². The number of methoxy groups -OCH3 is 1. The molecule has 0 bridgehead atoms. The first-order valence-electron chi connectivity index (χ1n) is 5.36. The normalized spacial score (nSPS) is 10.8. The van der Waals surface area contributed by atoms with Crippen LogP contribution in [0.3, 0.4) is 0 Å². The zero-order valence-electron chi connectivity index (χ0n) is 9.85. The van der Waals surface area contributed by atoms with Crippen molar-refractivity contribution < 1.29 is 4.74 Å². The molecular formula is C12H14ClN3O. The zero-order chi connectivity index (χ0) is 12.3. The molecule has 0 saturated carbocycles. The van der Waals surface area contributed by atoms with Crippen molar-refractivity contribution in [2.24, 2.45) is 0 Å². The van der Waals surface area contributed by atoms with Crippen molar-refractivity contribution in [3.05, 3.63) is 35.1 Å². The number of hydrogen-bond donors (Lipinski definition) is 0. The number of benzene rings is 1. The predicted molar refractivity (Wildman–Crippen MR) is 67.1 cm³/mol. The lowest BCUT2D eigenvalue weighted by Gasteiger charge is -2.08. The Morgan fingerprint density at radius 1 is 1.41 bits per heavy atom. The molecule has 90 valence electrons. The Morgan fingerprint density at radius 2 is 2.24 bits per heavy atom. The molecule has 0 fully saturated rings. The van der Waals surface area contributed by atoms with Crippen molar-refractivity contribution in [3.8, 4) is 11.4 Å². The number of aromatic nitrogens is 3. The first kappa shape index (κ1) is 12.1. The summed E-state index contributed by atoms with van der Waals surface area (Å²) in [6, 6.07) is 5.89. The van der Waals surface area contributed by atoms with Crippen molar-refractivity contribution in [2.45, 2.75) is 13.5 Å². The smallest absolute Gasteiger partial charge is 0.165 e. The SMILES string of the molecule is COCCn1cnnc1-c1cccc(C)c1Cl. The minimum Gasteiger partial charge on any atom is -0.383 e. The molecule has 0 saturated heterocycles. The molecule has 0 spiro atoms. The van der Waals surface area contributed by atoms with Gasteiger partial charge in [-0.25, -0.2) is 0 Å². The van der Waals surface area contributed by atoms with E-state index < -0.39 is 0 Å². The van der Waals surface area contributed by atoms with E-state index >= 15 is 0 Å². The van der Waals surface area contributed by atoms with E-state index in [2.05, 4.69) is 10.2 Å². The maximum atomic E-state index is 6.28. The third kappa shape index (κ3) is 2.48. The third-order valence-corrected chi connectivity index (χ3v) is 3.09. The summed E-state index contributed by atoms with van der Waals surface area (Å²) in [6.07, 6.45) is 1.69. The second-order valence-corrected chi connectivity index (χ2v) is 4.16. The third-order valence-electron chi connectivity index (χ3n) is 2.58. The lowest BCUT2D eigenvalue weighted by Crippen LogP contribution is -2.05. The Bertz CT molecular complexity index is 510. The number of aryl methyl sites for hydroxylation is 1. The van der Waals surface area contributed by atoms with Crippen LogP contribution < -0.4 is 0 Å². The topological polar surface area (TPSA) is 39.9 Å². The summed E-state index contributed by atoms with van der Waals surface area (Å²) in [5.41, 5.74) is 1.94. The molecule has 1 aromatic heterocycles. The van der Waals surface area contributed by atoms with Crippen LogP contribution in [0.2, 0.25) is 5.02 Å². The molecule has 0 aliphatic heterocycles. The van der Waals surface area contributed by atoms with Gasteiger partial charge in [0.1, 0.15) is 6.33 Å². The van der Waals surface area contributed by atoms with Gasteiger partial charge < -0.3 is 9.30 Å². The molecule has 17 heavy (non-hydrogen) atoms. The Kier molecular flexibility index (Phi) is 3.76. The molecule has 0 atom stereocenters. The standard InChI is InChI=1S/C12H14ClN3O/c1-9-4-3-5-10(11(9)13)12-15-14-8-16(12)6-7-17-2/h3-5,8H,6-7H2,1-2H3. The molecule has 1 aromatic carbocycles. The Hall–Kier alpha value is -1.39. The van der Waals surface area contributed by atoms with E-state index in [1.54, 1.807) is 13.4 Å². The molecule has 5 heteroatoms. The number of ether oxygens (including phenoxy) is 1. The highest BCUT2D eigenvalue weighted by Crippen LogP contribution is 2.28. The van der Waals surface area contributed by atoms with Crippen LogP contribution in [0.4, 0.5) is 0 Å². The van der Waals surface area contributed by atoms with Crippen LogP contribution in [0.15, 0.2) is 24.5 Å². The van der Waals surface area contributed by atoms with Crippen molar-refractivity contribution in [1.82, 2.24) is 14.8 Å². The van der Waals surface area contributed by atoms with E-state index in [-0.39, 0.29) is 0 Å². The monoisotopic (exact) mass is 251 g/mol. The highest BCUT2D eigenvalue weighted by molar-refractivity contribution is 6.33. The molecule has 0 N–H and O–H groups in total. The summed E-state index contributed by atoms with van der Waals surface area (Å²) >= 11 is 6.28. The minimum absolute atomic E-state index is 0.620. The molecule has 0 aliphatic carbocycles. The van der Waals surface area contributed by atoms with Gasteiger partial charge in [-0.2, -0.15) is 0 Å². The molecule has 2 rings (SSSR count). The second kappa shape index (κ2) is 5.29. The molecule has 4 nitrogen and oxygen atoms in total. The van der Waals surface area contributed by atoms with Gasteiger partial charge >= 0.3 is 0 Å². The average molecular weight is 252 g/mol. The van der Waals surface area contributed by atoms with Gasteiger partial charge in [-0.3, -0.25) is 0 Å². The fourth-order valence-corrected chi connectivity index (χ4v) is 1.85. The zero-order valence-corrected chi connectivity index (χ0v) is 10.6. The number of hydrogen-bond acceptors (Lipinski definition) is 3. The highest BCUT2D eigenvalue weighted by atomic mass is 35.5. The molecule has 0 amide bonds. The van der Waals surface area contributed by atoms with Crippen molar-refractivity contribution >= 4 is 11.6 Å². The largest absolute Gasteiger partial charge is 0.383 e. The van der Waals surface area contributed by atoms with E-state index in [4.69, 9.17) is 16.3 Å². The summed E-state index contributed by atoms with van der Waals surface area (Å²) in [4.78, 5) is 0. The molecule has 1 heterocycles. The first-order valence-corrected chi connectivity index (χ1v) is 5.74. The Labute approximate surface area is 105 Å². The van der Waals surface area contributed by atoms with Crippen LogP contribution in [-0.2, 0) is 11.3 Å². The maximum Gasteiger partial charge on any atom is 0.165 e. The summed E-state index contributed by atoms with van der Waals surface area (Å²) in [5.74, 6) is 0.774. The van der Waals surface area contributed by atoms with Crippen molar-refractivity contribution in [1.29, 1.82) is 0 Å². The van der Waals surface area contributed by atoms with E-state index in [1.165, 1.54) is 0 Å². The number of rotatable bonds is 4. The quantitative estimate of drug-likeness (QED) is 0.839. The summed E-state index contributed by atoms with van der Waals surface area (Å²) in [5, 5.41) is 8.76. The number of nitrogens with zero attached hydrogens (tertiary/aromatic N) is 3. The van der Waals surface area contributed by atoms with Gasteiger partial charge in [0.25, 0.3) is 0 Å². The average Bonchev–Trinajstić information content (AvgIpc) is 2.78. The van der Waals surface area contributed by atoms with E-state index in [0.717, 1.165) is 22.0 Å². The second-order valence-electron chi connectivity index (χ2n) is 3.78. The lowest BCUT2D eigenvalue weighted by atomic mass is 10.1. The van der Waals surface area contributed by atoms with Gasteiger partial charge in [0.15, 0.2) is 5.82 Å². The van der Waals surface area contributed by atoms with Gasteiger partial charge in [-0.15, -0.1) is 10.2 Å². The fraction of sp³-hybridized carbons (Fsp3) is 0.333. The van der Waals surface area contributed by atoms with Gasteiger partial charge in [0.05, 0.1) is 11.6 Å². The van der Waals surface area contributed by atoms with Crippen LogP contribution >= 0.6 is 11.6 Å². The van der Waals surface area contributed by atoms with Crippen LogP contribution in [0.1, 0.15) is 5.56 Å². The van der Waals surface area contributed by atoms with Gasteiger partial charge in [-0.05, 0) is 18.6 Å². The van der Waals surface area contributed by atoms with Crippen molar-refractivity contribution in [2.75, 3.05) is 13.7 Å². The Balaban J connectivity index is 2.39. The molecule has 0 unspecified atom stereocenters. The van der Waals surface area contributed by atoms with Gasteiger partial charge in [-0.1, -0.05) is 23.7 Å². The van der Waals surface area contributed by atoms with Crippen molar-refractivity contribution in [3.63, 3.8) is 0 Å². The fourth-order valence-electron chi connectivity index (χ4n) is 1.64. The molecular weight excluding hydrogens is 238 g/mol. The van der Waals surface area contributed by atoms with Crippen LogP contribution in [0.25, 0.3) is 11.4 Å². The van der Waals surface area contributed by atoms with Gasteiger partial charge in [0, 0.05) is 19.2 Å². The lowest BCUT2D eigenvalue weighted by molar-refractivity contribution is 0.187.